The van der Waals surface area contributed by atoms with E-state index in [1.54, 1.807) is 0 Å². The van der Waals surface area contributed by atoms with Crippen molar-refractivity contribution in [1.82, 2.24) is 0 Å². The molecule has 0 spiro atoms. The topological polar surface area (TPSA) is 78.9 Å². The first kappa shape index (κ1) is 69.6. The minimum atomic E-state index is -0.770. The van der Waals surface area contributed by atoms with Crippen molar-refractivity contribution >= 4 is 17.9 Å². The number of unbranched alkanes of at least 4 members (excludes halogenated alkanes) is 42. The maximum atomic E-state index is 12.8. The highest BCUT2D eigenvalue weighted by atomic mass is 16.6. The van der Waals surface area contributed by atoms with E-state index in [9.17, 15) is 14.4 Å². The zero-order chi connectivity index (χ0) is 52.2. The van der Waals surface area contributed by atoms with E-state index in [0.717, 1.165) is 70.6 Å². The molecule has 0 bridgehead atoms. The SMILES string of the molecule is CCCCCCC/C=C\C/C=C\CCCCCCCCCCCCCCCCCCCCCCCC(=O)OCC(COC(=O)CCCCCCCCC)OC(=O)CCCCCCC/C=C\CCCCCCC. The van der Waals surface area contributed by atoms with Crippen LogP contribution in [0.1, 0.15) is 348 Å². The minimum Gasteiger partial charge on any atom is -0.462 e. The van der Waals surface area contributed by atoms with Crippen LogP contribution in [0.15, 0.2) is 36.5 Å². The predicted octanol–water partition coefficient (Wildman–Crippen LogP) is 21.6. The van der Waals surface area contributed by atoms with Crippen LogP contribution in [-0.4, -0.2) is 37.2 Å². The predicted molar refractivity (Wildman–Crippen MR) is 312 cm³/mol. The van der Waals surface area contributed by atoms with Crippen molar-refractivity contribution in [2.45, 2.75) is 354 Å². The average molecular weight is 1010 g/mol. The lowest BCUT2D eigenvalue weighted by molar-refractivity contribution is -0.167. The van der Waals surface area contributed by atoms with Gasteiger partial charge in [-0.3, -0.25) is 14.4 Å². The fraction of sp³-hybridized carbons (Fsp3) is 0.864. The maximum absolute atomic E-state index is 12.8. The molecule has 0 fully saturated rings. The van der Waals surface area contributed by atoms with Gasteiger partial charge in [0.25, 0.3) is 0 Å². The second-order valence-electron chi connectivity index (χ2n) is 21.7. The molecular weight excluding hydrogens is 889 g/mol. The summed E-state index contributed by atoms with van der Waals surface area (Å²) < 4.78 is 16.8. The van der Waals surface area contributed by atoms with Crippen LogP contribution in [-0.2, 0) is 28.6 Å². The van der Waals surface area contributed by atoms with E-state index >= 15 is 0 Å². The van der Waals surface area contributed by atoms with Gasteiger partial charge >= 0.3 is 17.9 Å². The lowest BCUT2D eigenvalue weighted by atomic mass is 10.0. The van der Waals surface area contributed by atoms with E-state index in [-0.39, 0.29) is 31.1 Å². The number of carbonyl (C=O) groups excluding carboxylic acids is 3. The highest BCUT2D eigenvalue weighted by Crippen LogP contribution is 2.17. The normalized spacial score (nSPS) is 12.2. The number of carbonyl (C=O) groups is 3. The number of hydrogen-bond acceptors (Lipinski definition) is 6. The number of esters is 3. The first-order valence-corrected chi connectivity index (χ1v) is 32.0. The summed E-state index contributed by atoms with van der Waals surface area (Å²) in [5.74, 6) is -0.868. The Balaban J connectivity index is 3.94. The molecular formula is C66H122O6. The molecule has 0 aliphatic carbocycles. The van der Waals surface area contributed by atoms with E-state index in [4.69, 9.17) is 14.2 Å². The monoisotopic (exact) mass is 1010 g/mol. The van der Waals surface area contributed by atoms with Gasteiger partial charge in [0.2, 0.25) is 0 Å². The van der Waals surface area contributed by atoms with Crippen LogP contribution in [0.2, 0.25) is 0 Å². The Labute approximate surface area is 448 Å². The Morgan fingerprint density at radius 2 is 0.500 bits per heavy atom. The van der Waals surface area contributed by atoms with Crippen LogP contribution in [0.25, 0.3) is 0 Å². The number of ether oxygens (including phenoxy) is 3. The largest absolute Gasteiger partial charge is 0.462 e. The molecule has 0 aromatic carbocycles. The molecule has 0 N–H and O–H groups in total. The summed E-state index contributed by atoms with van der Waals surface area (Å²) in [5, 5.41) is 0. The van der Waals surface area contributed by atoms with Gasteiger partial charge in [0.15, 0.2) is 6.10 Å². The zero-order valence-electron chi connectivity index (χ0n) is 48.5. The maximum Gasteiger partial charge on any atom is 0.306 e. The van der Waals surface area contributed by atoms with Crippen LogP contribution in [0.3, 0.4) is 0 Å². The lowest BCUT2D eigenvalue weighted by Gasteiger charge is -2.18. The summed E-state index contributed by atoms with van der Waals surface area (Å²) in [6.45, 7) is 6.61. The third kappa shape index (κ3) is 58.5. The number of allylic oxidation sites excluding steroid dienone is 6. The molecule has 0 aromatic heterocycles. The van der Waals surface area contributed by atoms with E-state index in [0.29, 0.717) is 19.3 Å². The fourth-order valence-electron chi connectivity index (χ4n) is 9.53. The molecule has 6 nitrogen and oxygen atoms in total. The molecule has 0 amide bonds. The molecule has 0 aliphatic heterocycles. The molecule has 6 heteroatoms. The standard InChI is InChI=1S/C66H122O6/c1-4-7-10-13-16-18-20-22-24-25-26-27-28-29-30-31-32-33-34-35-36-37-38-39-40-41-42-44-45-47-50-53-56-59-65(68)71-62-63(61-70-64(67)58-55-52-49-15-12-9-6-3)72-66(69)60-57-54-51-48-46-43-23-21-19-17-14-11-8-5-2/h20-23,25-26,63H,4-19,24,27-62H2,1-3H3/b22-20-,23-21-,26-25-. The van der Waals surface area contributed by atoms with Gasteiger partial charge in [-0.05, 0) is 77.0 Å². The molecule has 0 aromatic rings. The van der Waals surface area contributed by atoms with Gasteiger partial charge < -0.3 is 14.2 Å². The summed E-state index contributed by atoms with van der Waals surface area (Å²) in [6.07, 6.45) is 74.8. The van der Waals surface area contributed by atoms with Gasteiger partial charge in [0.1, 0.15) is 13.2 Å². The summed E-state index contributed by atoms with van der Waals surface area (Å²) in [5.41, 5.74) is 0. The molecule has 0 aliphatic rings. The van der Waals surface area contributed by atoms with Gasteiger partial charge in [0, 0.05) is 19.3 Å². The van der Waals surface area contributed by atoms with Crippen LogP contribution in [0.4, 0.5) is 0 Å². The molecule has 1 unspecified atom stereocenters. The highest BCUT2D eigenvalue weighted by Gasteiger charge is 2.19. The van der Waals surface area contributed by atoms with Crippen LogP contribution in [0, 0.1) is 0 Å². The van der Waals surface area contributed by atoms with E-state index in [1.807, 2.05) is 0 Å². The zero-order valence-corrected chi connectivity index (χ0v) is 48.5. The van der Waals surface area contributed by atoms with Crippen molar-refractivity contribution in [2.24, 2.45) is 0 Å². The molecule has 0 saturated carbocycles. The molecule has 0 saturated heterocycles. The van der Waals surface area contributed by atoms with Crippen molar-refractivity contribution in [3.8, 4) is 0 Å². The third-order valence-corrected chi connectivity index (χ3v) is 14.4. The molecule has 1 atom stereocenters. The summed E-state index contributed by atoms with van der Waals surface area (Å²) in [7, 11) is 0. The van der Waals surface area contributed by atoms with E-state index < -0.39 is 6.10 Å². The van der Waals surface area contributed by atoms with Crippen molar-refractivity contribution in [1.29, 1.82) is 0 Å². The van der Waals surface area contributed by atoms with Crippen molar-refractivity contribution in [3.05, 3.63) is 36.5 Å². The highest BCUT2D eigenvalue weighted by molar-refractivity contribution is 5.71. The molecule has 72 heavy (non-hydrogen) atoms. The number of rotatable bonds is 59. The first-order chi connectivity index (χ1) is 35.5. The minimum absolute atomic E-state index is 0.0707. The van der Waals surface area contributed by atoms with E-state index in [1.165, 1.54) is 238 Å². The Bertz CT molecular complexity index is 1210. The van der Waals surface area contributed by atoms with Crippen LogP contribution < -0.4 is 0 Å². The molecule has 0 heterocycles. The quantitative estimate of drug-likeness (QED) is 0.0261. The van der Waals surface area contributed by atoms with Gasteiger partial charge in [-0.15, -0.1) is 0 Å². The lowest BCUT2D eigenvalue weighted by Crippen LogP contribution is -2.30. The molecule has 0 rings (SSSR count). The van der Waals surface area contributed by atoms with Crippen molar-refractivity contribution in [3.63, 3.8) is 0 Å². The number of hydrogen-bond donors (Lipinski definition) is 0. The van der Waals surface area contributed by atoms with Crippen LogP contribution in [0.5, 0.6) is 0 Å². The Morgan fingerprint density at radius 3 is 0.778 bits per heavy atom. The van der Waals surface area contributed by atoms with E-state index in [2.05, 4.69) is 57.2 Å². The van der Waals surface area contributed by atoms with Crippen molar-refractivity contribution in [2.75, 3.05) is 13.2 Å². The summed E-state index contributed by atoms with van der Waals surface area (Å²) in [4.78, 5) is 38.0. The van der Waals surface area contributed by atoms with Gasteiger partial charge in [-0.25, -0.2) is 0 Å². The fourth-order valence-corrected chi connectivity index (χ4v) is 9.53. The van der Waals surface area contributed by atoms with Gasteiger partial charge in [-0.2, -0.15) is 0 Å². The Hall–Kier alpha value is -2.37. The smallest absolute Gasteiger partial charge is 0.306 e. The second kappa shape index (κ2) is 61.2. The second-order valence-corrected chi connectivity index (χ2v) is 21.7. The summed E-state index contributed by atoms with van der Waals surface area (Å²) in [6, 6.07) is 0. The average Bonchev–Trinajstić information content (AvgIpc) is 3.38. The third-order valence-electron chi connectivity index (χ3n) is 14.4. The van der Waals surface area contributed by atoms with Crippen LogP contribution >= 0.6 is 0 Å². The van der Waals surface area contributed by atoms with Gasteiger partial charge in [0.05, 0.1) is 0 Å². The first-order valence-electron chi connectivity index (χ1n) is 32.0. The van der Waals surface area contributed by atoms with Gasteiger partial charge in [-0.1, -0.05) is 288 Å². The van der Waals surface area contributed by atoms with Crippen molar-refractivity contribution < 1.29 is 28.6 Å². The molecule has 0 radical (unpaired) electrons. The Kier molecular flexibility index (Phi) is 59.2. The molecule has 422 valence electrons. The Morgan fingerprint density at radius 1 is 0.278 bits per heavy atom. The summed E-state index contributed by atoms with van der Waals surface area (Å²) >= 11 is 0.